The number of rotatable bonds is 4. The van der Waals surface area contributed by atoms with E-state index in [2.05, 4.69) is 11.9 Å². The van der Waals surface area contributed by atoms with Crippen molar-refractivity contribution in [1.82, 2.24) is 9.55 Å². The molecule has 5 nitrogen and oxygen atoms in total. The average Bonchev–Trinajstić information content (AvgIpc) is 3.01. The van der Waals surface area contributed by atoms with E-state index in [0.29, 0.717) is 16.1 Å². The normalized spacial score (nSPS) is 19.4. The van der Waals surface area contributed by atoms with Gasteiger partial charge in [-0.1, -0.05) is 25.5 Å². The third-order valence-corrected chi connectivity index (χ3v) is 6.49. The van der Waals surface area contributed by atoms with Crippen molar-refractivity contribution in [3.05, 3.63) is 51.6 Å². The Morgan fingerprint density at radius 1 is 1.31 bits per heavy atom. The van der Waals surface area contributed by atoms with Gasteiger partial charge in [-0.3, -0.25) is 14.2 Å². The lowest BCUT2D eigenvalue weighted by atomic mass is 9.89. The van der Waals surface area contributed by atoms with Crippen molar-refractivity contribution in [3.8, 4) is 11.1 Å². The zero-order valence-electron chi connectivity index (χ0n) is 16.5. The van der Waals surface area contributed by atoms with Crippen LogP contribution in [0.5, 0.6) is 0 Å². The quantitative estimate of drug-likeness (QED) is 0.581. The van der Waals surface area contributed by atoms with Crippen molar-refractivity contribution in [2.45, 2.75) is 52.2 Å². The maximum atomic E-state index is 13.3. The summed E-state index contributed by atoms with van der Waals surface area (Å²) in [5.41, 5.74) is 1.21. The van der Waals surface area contributed by atoms with E-state index >= 15 is 0 Å². The minimum atomic E-state index is -0.414. The second-order valence-electron chi connectivity index (χ2n) is 7.78. The highest BCUT2D eigenvalue weighted by atomic mass is 32.1. The molecule has 0 radical (unpaired) electrons. The summed E-state index contributed by atoms with van der Waals surface area (Å²) in [6.07, 6.45) is 5.30. The fourth-order valence-corrected chi connectivity index (χ4v) is 5.07. The number of fused-ring (bicyclic) bond motifs is 1. The zero-order chi connectivity index (χ0) is 20.5. The van der Waals surface area contributed by atoms with Gasteiger partial charge in [0.15, 0.2) is 0 Å². The molecule has 29 heavy (non-hydrogen) atoms. The Labute approximate surface area is 172 Å². The van der Waals surface area contributed by atoms with E-state index in [1.807, 2.05) is 6.92 Å². The average molecular weight is 415 g/mol. The van der Waals surface area contributed by atoms with Gasteiger partial charge in [0, 0.05) is 10.4 Å². The lowest BCUT2D eigenvalue weighted by molar-refractivity contribution is -0.152. The minimum Gasteiger partial charge on any atom is -0.461 e. The molecule has 0 unspecified atom stereocenters. The van der Waals surface area contributed by atoms with Crippen LogP contribution in [0.15, 0.2) is 35.4 Å². The molecular weight excluding hydrogens is 391 g/mol. The molecule has 4 rings (SSSR count). The van der Waals surface area contributed by atoms with E-state index in [0.717, 1.165) is 41.7 Å². The molecule has 2 atom stereocenters. The fraction of sp³-hybridized carbons (Fsp3) is 0.409. The van der Waals surface area contributed by atoms with E-state index in [-0.39, 0.29) is 24.0 Å². The van der Waals surface area contributed by atoms with Crippen molar-refractivity contribution < 1.29 is 13.9 Å². The van der Waals surface area contributed by atoms with Crippen molar-refractivity contribution >= 4 is 27.5 Å². The highest BCUT2D eigenvalue weighted by molar-refractivity contribution is 7.19. The predicted molar refractivity (Wildman–Crippen MR) is 112 cm³/mol. The maximum absolute atomic E-state index is 13.3. The smallest absolute Gasteiger partial charge is 0.326 e. The van der Waals surface area contributed by atoms with Gasteiger partial charge in [0.2, 0.25) is 0 Å². The summed E-state index contributed by atoms with van der Waals surface area (Å²) in [5, 5.41) is 0.459. The molecule has 3 aromatic rings. The van der Waals surface area contributed by atoms with Crippen LogP contribution in [0.1, 0.15) is 37.5 Å². The number of benzene rings is 1. The first-order valence-electron chi connectivity index (χ1n) is 9.86. The first-order valence-corrected chi connectivity index (χ1v) is 10.7. The summed E-state index contributed by atoms with van der Waals surface area (Å²) in [6.45, 7) is 3.91. The monoisotopic (exact) mass is 414 g/mol. The summed E-state index contributed by atoms with van der Waals surface area (Å²) in [7, 11) is 0. The van der Waals surface area contributed by atoms with E-state index in [1.54, 1.807) is 12.1 Å². The van der Waals surface area contributed by atoms with Crippen LogP contribution < -0.4 is 5.56 Å². The molecule has 0 N–H and O–H groups in total. The van der Waals surface area contributed by atoms with Crippen LogP contribution >= 0.6 is 11.3 Å². The SMILES string of the molecule is Cc1sc2ncn(CC(=O)O[C@@H]3CCC[C@H](C)C3)c(=O)c2c1-c1ccc(F)cc1. The number of halogens is 1. The van der Waals surface area contributed by atoms with Crippen LogP contribution in [-0.4, -0.2) is 21.6 Å². The number of thiophene rings is 1. The van der Waals surface area contributed by atoms with Crippen LogP contribution in [-0.2, 0) is 16.1 Å². The number of esters is 1. The topological polar surface area (TPSA) is 61.2 Å². The molecule has 0 amide bonds. The van der Waals surface area contributed by atoms with Gasteiger partial charge >= 0.3 is 5.97 Å². The van der Waals surface area contributed by atoms with Gasteiger partial charge in [-0.25, -0.2) is 9.37 Å². The van der Waals surface area contributed by atoms with Gasteiger partial charge in [0.1, 0.15) is 23.3 Å². The number of aromatic nitrogens is 2. The summed E-state index contributed by atoms with van der Waals surface area (Å²) in [4.78, 5) is 31.5. The molecule has 0 bridgehead atoms. The molecular formula is C22H23FN2O3S. The Balaban J connectivity index is 1.63. The predicted octanol–water partition coefficient (Wildman–Crippen LogP) is 4.69. The number of ether oxygens (including phenoxy) is 1. The standard InChI is InChI=1S/C22H23FN2O3S/c1-13-4-3-5-17(10-13)28-18(26)11-25-12-24-21-20(22(25)27)19(14(2)29-21)15-6-8-16(23)9-7-15/h6-9,12-13,17H,3-5,10-11H2,1-2H3/t13-,17+/m0/s1. The van der Waals surface area contributed by atoms with Crippen LogP contribution in [0.2, 0.25) is 0 Å². The largest absolute Gasteiger partial charge is 0.461 e. The Morgan fingerprint density at radius 3 is 2.79 bits per heavy atom. The third-order valence-electron chi connectivity index (χ3n) is 5.47. The van der Waals surface area contributed by atoms with E-state index < -0.39 is 5.97 Å². The van der Waals surface area contributed by atoms with Gasteiger partial charge in [-0.2, -0.15) is 0 Å². The number of aryl methyl sites for hydroxylation is 1. The summed E-state index contributed by atoms with van der Waals surface area (Å²) in [5.74, 6) is -0.196. The molecule has 1 aliphatic rings. The van der Waals surface area contributed by atoms with E-state index in [4.69, 9.17) is 4.74 Å². The molecule has 2 heterocycles. The molecule has 1 saturated carbocycles. The minimum absolute atomic E-state index is 0.0724. The van der Waals surface area contributed by atoms with Crippen LogP contribution in [0, 0.1) is 18.7 Å². The van der Waals surface area contributed by atoms with Gasteiger partial charge in [0.25, 0.3) is 5.56 Å². The number of hydrogen-bond acceptors (Lipinski definition) is 5. The van der Waals surface area contributed by atoms with Crippen LogP contribution in [0.3, 0.4) is 0 Å². The highest BCUT2D eigenvalue weighted by Gasteiger charge is 2.23. The van der Waals surface area contributed by atoms with Gasteiger partial charge in [-0.05, 0) is 49.8 Å². The molecule has 1 aromatic carbocycles. The Morgan fingerprint density at radius 2 is 2.07 bits per heavy atom. The van der Waals surface area contributed by atoms with E-state index in [9.17, 15) is 14.0 Å². The van der Waals surface area contributed by atoms with E-state index in [1.165, 1.54) is 34.4 Å². The molecule has 1 fully saturated rings. The maximum Gasteiger partial charge on any atom is 0.326 e. The van der Waals surface area contributed by atoms with Crippen molar-refractivity contribution in [2.24, 2.45) is 5.92 Å². The first-order chi connectivity index (χ1) is 13.9. The molecule has 1 aliphatic carbocycles. The van der Waals surface area contributed by atoms with Crippen LogP contribution in [0.4, 0.5) is 4.39 Å². The molecule has 0 aliphatic heterocycles. The van der Waals surface area contributed by atoms with Crippen LogP contribution in [0.25, 0.3) is 21.3 Å². The zero-order valence-corrected chi connectivity index (χ0v) is 17.3. The fourth-order valence-electron chi connectivity index (χ4n) is 4.06. The van der Waals surface area contributed by atoms with Gasteiger partial charge < -0.3 is 4.74 Å². The molecule has 2 aromatic heterocycles. The summed E-state index contributed by atoms with van der Waals surface area (Å²) >= 11 is 1.41. The second-order valence-corrected chi connectivity index (χ2v) is 8.98. The van der Waals surface area contributed by atoms with Crippen molar-refractivity contribution in [2.75, 3.05) is 0 Å². The second kappa shape index (κ2) is 8.06. The van der Waals surface area contributed by atoms with Crippen molar-refractivity contribution in [1.29, 1.82) is 0 Å². The number of nitrogens with zero attached hydrogens (tertiary/aromatic N) is 2. The molecule has 0 spiro atoms. The van der Waals surface area contributed by atoms with Crippen molar-refractivity contribution in [3.63, 3.8) is 0 Å². The van der Waals surface area contributed by atoms with Gasteiger partial charge in [-0.15, -0.1) is 11.3 Å². The number of carbonyl (C=O) groups is 1. The number of carbonyl (C=O) groups excluding carboxylic acids is 1. The Kier molecular flexibility index (Phi) is 5.50. The Bertz CT molecular complexity index is 1100. The number of hydrogen-bond donors (Lipinski definition) is 0. The summed E-state index contributed by atoms with van der Waals surface area (Å²) < 4.78 is 20.2. The summed E-state index contributed by atoms with van der Waals surface area (Å²) in [6, 6.07) is 6.05. The van der Waals surface area contributed by atoms with Gasteiger partial charge in [0.05, 0.1) is 11.7 Å². The third kappa shape index (κ3) is 4.10. The lowest BCUT2D eigenvalue weighted by Gasteiger charge is -2.26. The lowest BCUT2D eigenvalue weighted by Crippen LogP contribution is -2.30. The first kappa shape index (κ1) is 19.8. The Hall–Kier alpha value is -2.54. The highest BCUT2D eigenvalue weighted by Crippen LogP contribution is 2.35. The molecule has 152 valence electrons. The molecule has 0 saturated heterocycles. The molecule has 7 heteroatoms.